The van der Waals surface area contributed by atoms with Gasteiger partial charge in [-0.1, -0.05) is 90.4 Å². The van der Waals surface area contributed by atoms with Crippen molar-refractivity contribution in [2.45, 2.75) is 96.8 Å². The Bertz CT molecular complexity index is 203. The number of nitrogens with two attached hydrogens (primary N) is 2. The quantitative estimate of drug-likeness (QED) is 0.338. The molecule has 140 valence electrons. The Balaban J connectivity index is 3.15. The van der Waals surface area contributed by atoms with Gasteiger partial charge in [-0.2, -0.15) is 0 Å². The summed E-state index contributed by atoms with van der Waals surface area (Å²) >= 11 is 0. The van der Waals surface area contributed by atoms with E-state index in [1.54, 1.807) is 0 Å². The minimum absolute atomic E-state index is 0.749. The molecule has 0 bridgehead atoms. The van der Waals surface area contributed by atoms with Crippen LogP contribution in [0.1, 0.15) is 96.8 Å². The highest BCUT2D eigenvalue weighted by Crippen LogP contribution is 2.13. The van der Waals surface area contributed by atoms with Crippen molar-refractivity contribution in [1.82, 2.24) is 4.90 Å². The van der Waals surface area contributed by atoms with Gasteiger partial charge >= 0.3 is 0 Å². The van der Waals surface area contributed by atoms with Gasteiger partial charge < -0.3 is 16.4 Å². The molecule has 0 spiro atoms. The zero-order valence-electron chi connectivity index (χ0n) is 16.0. The first-order valence-electron chi connectivity index (χ1n) is 10.5. The van der Waals surface area contributed by atoms with E-state index in [1.807, 2.05) is 0 Å². The van der Waals surface area contributed by atoms with Gasteiger partial charge in [0.15, 0.2) is 0 Å². The third-order valence-electron chi connectivity index (χ3n) is 4.72. The Hall–Kier alpha value is -0.120. The lowest BCUT2D eigenvalue weighted by molar-refractivity contribution is 0.281. The molecular weight excluding hydrogens is 282 g/mol. The van der Waals surface area contributed by atoms with E-state index in [1.165, 1.54) is 96.4 Å². The van der Waals surface area contributed by atoms with Gasteiger partial charge in [-0.05, 0) is 13.0 Å². The lowest BCUT2D eigenvalue weighted by Gasteiger charge is -2.20. The third-order valence-corrected chi connectivity index (χ3v) is 4.72. The average molecular weight is 328 g/mol. The minimum atomic E-state index is 0.749. The minimum Gasteiger partial charge on any atom is -0.329 e. The summed E-state index contributed by atoms with van der Waals surface area (Å²) in [6.07, 6.45) is 19.9. The number of hydrogen-bond donors (Lipinski definition) is 2. The normalized spacial score (nSPS) is 11.5. The average Bonchev–Trinajstić information content (AvgIpc) is 2.55. The Morgan fingerprint density at radius 3 is 1.17 bits per heavy atom. The summed E-state index contributed by atoms with van der Waals surface area (Å²) in [6, 6.07) is 0. The molecule has 0 heterocycles. The van der Waals surface area contributed by atoms with Crippen molar-refractivity contribution in [3.63, 3.8) is 0 Å². The van der Waals surface area contributed by atoms with E-state index in [4.69, 9.17) is 11.5 Å². The maximum absolute atomic E-state index is 5.63. The predicted octanol–water partition coefficient (Wildman–Crippen LogP) is 4.69. The van der Waals surface area contributed by atoms with E-state index < -0.39 is 0 Å². The topological polar surface area (TPSA) is 55.3 Å². The van der Waals surface area contributed by atoms with Gasteiger partial charge in [0.25, 0.3) is 0 Å². The van der Waals surface area contributed by atoms with Crippen molar-refractivity contribution in [3.8, 4) is 0 Å². The van der Waals surface area contributed by atoms with E-state index >= 15 is 0 Å². The molecule has 0 aromatic carbocycles. The summed E-state index contributed by atoms with van der Waals surface area (Å²) in [5.74, 6) is 0. The Morgan fingerprint density at radius 1 is 0.478 bits per heavy atom. The van der Waals surface area contributed by atoms with Crippen LogP contribution in [0.25, 0.3) is 0 Å². The Morgan fingerprint density at radius 2 is 0.826 bits per heavy atom. The zero-order chi connectivity index (χ0) is 17.0. The van der Waals surface area contributed by atoms with Gasteiger partial charge in [-0.15, -0.1) is 0 Å². The van der Waals surface area contributed by atoms with E-state index in [9.17, 15) is 0 Å². The van der Waals surface area contributed by atoms with Crippen LogP contribution < -0.4 is 11.5 Å². The molecule has 0 aliphatic carbocycles. The van der Waals surface area contributed by atoms with Crippen LogP contribution >= 0.6 is 0 Å². The van der Waals surface area contributed by atoms with Crippen LogP contribution in [-0.2, 0) is 0 Å². The van der Waals surface area contributed by atoms with Crippen LogP contribution in [0.5, 0.6) is 0 Å². The van der Waals surface area contributed by atoms with Crippen molar-refractivity contribution in [2.24, 2.45) is 11.5 Å². The van der Waals surface area contributed by atoms with Gasteiger partial charge in [0.05, 0.1) is 0 Å². The molecule has 0 atom stereocenters. The maximum atomic E-state index is 5.63. The van der Waals surface area contributed by atoms with Crippen LogP contribution in [0, 0.1) is 0 Å². The van der Waals surface area contributed by atoms with Crippen molar-refractivity contribution in [1.29, 1.82) is 0 Å². The molecule has 0 unspecified atom stereocenters. The molecule has 0 aromatic heterocycles. The summed E-state index contributed by atoms with van der Waals surface area (Å²) in [5, 5.41) is 0. The molecule has 0 amide bonds. The van der Waals surface area contributed by atoms with Crippen LogP contribution in [-0.4, -0.2) is 37.6 Å². The molecule has 3 heteroatoms. The fraction of sp³-hybridized carbons (Fsp3) is 1.00. The fourth-order valence-electron chi connectivity index (χ4n) is 3.23. The second-order valence-corrected chi connectivity index (χ2v) is 7.02. The second-order valence-electron chi connectivity index (χ2n) is 7.02. The number of unbranched alkanes of at least 4 members (excludes halogenated alkanes) is 13. The van der Waals surface area contributed by atoms with Crippen molar-refractivity contribution in [3.05, 3.63) is 0 Å². The highest BCUT2D eigenvalue weighted by Gasteiger charge is 2.01. The van der Waals surface area contributed by atoms with E-state index in [0.717, 1.165) is 26.2 Å². The molecule has 0 fully saturated rings. The molecule has 23 heavy (non-hydrogen) atoms. The third kappa shape index (κ3) is 18.1. The SMILES string of the molecule is CCCCCCCCCCCCCCCCN(CCN)CCN. The van der Waals surface area contributed by atoms with Crippen molar-refractivity contribution >= 4 is 0 Å². The summed E-state index contributed by atoms with van der Waals surface area (Å²) in [7, 11) is 0. The first kappa shape index (κ1) is 22.9. The molecule has 0 radical (unpaired) electrons. The van der Waals surface area contributed by atoms with Crippen molar-refractivity contribution in [2.75, 3.05) is 32.7 Å². The molecule has 0 aliphatic heterocycles. The zero-order valence-corrected chi connectivity index (χ0v) is 16.0. The maximum Gasteiger partial charge on any atom is 0.0105 e. The van der Waals surface area contributed by atoms with Crippen molar-refractivity contribution < 1.29 is 0 Å². The summed E-state index contributed by atoms with van der Waals surface area (Å²) < 4.78 is 0. The van der Waals surface area contributed by atoms with Gasteiger partial charge in [0, 0.05) is 26.2 Å². The standard InChI is InChI=1S/C20H45N3/c1-2-3-4-5-6-7-8-9-10-11-12-13-14-15-18-23(19-16-21)20-17-22/h2-22H2,1H3. The van der Waals surface area contributed by atoms with Gasteiger partial charge in [-0.25, -0.2) is 0 Å². The van der Waals surface area contributed by atoms with E-state index in [2.05, 4.69) is 11.8 Å². The summed E-state index contributed by atoms with van der Waals surface area (Å²) in [6.45, 7) is 6.95. The lowest BCUT2D eigenvalue weighted by atomic mass is 10.0. The lowest BCUT2D eigenvalue weighted by Crippen LogP contribution is -2.34. The number of rotatable bonds is 19. The van der Waals surface area contributed by atoms with Crippen LogP contribution in [0.15, 0.2) is 0 Å². The highest BCUT2D eigenvalue weighted by molar-refractivity contribution is 4.59. The number of hydrogen-bond acceptors (Lipinski definition) is 3. The molecular formula is C20H45N3. The summed E-state index contributed by atoms with van der Waals surface area (Å²) in [4.78, 5) is 2.40. The van der Waals surface area contributed by atoms with E-state index in [0.29, 0.717) is 0 Å². The molecule has 0 saturated carbocycles. The summed E-state index contributed by atoms with van der Waals surface area (Å²) in [5.41, 5.74) is 11.3. The predicted molar refractivity (Wildman–Crippen MR) is 105 cm³/mol. The molecule has 0 saturated heterocycles. The fourth-order valence-corrected chi connectivity index (χ4v) is 3.23. The monoisotopic (exact) mass is 327 g/mol. The molecule has 4 N–H and O–H groups in total. The molecule has 0 aliphatic rings. The first-order chi connectivity index (χ1) is 11.3. The largest absolute Gasteiger partial charge is 0.329 e. The molecule has 0 aromatic rings. The second kappa shape index (κ2) is 19.9. The molecule has 3 nitrogen and oxygen atoms in total. The van der Waals surface area contributed by atoms with Crippen LogP contribution in [0.3, 0.4) is 0 Å². The van der Waals surface area contributed by atoms with Crippen LogP contribution in [0.2, 0.25) is 0 Å². The molecule has 0 rings (SSSR count). The highest BCUT2D eigenvalue weighted by atomic mass is 15.1. The van der Waals surface area contributed by atoms with Crippen LogP contribution in [0.4, 0.5) is 0 Å². The number of nitrogens with zero attached hydrogens (tertiary/aromatic N) is 1. The van der Waals surface area contributed by atoms with E-state index in [-0.39, 0.29) is 0 Å². The van der Waals surface area contributed by atoms with Gasteiger partial charge in [0.2, 0.25) is 0 Å². The van der Waals surface area contributed by atoms with Gasteiger partial charge in [-0.3, -0.25) is 0 Å². The smallest absolute Gasteiger partial charge is 0.0105 e. The first-order valence-corrected chi connectivity index (χ1v) is 10.5. The van der Waals surface area contributed by atoms with Gasteiger partial charge in [0.1, 0.15) is 0 Å². The Labute approximate surface area is 146 Å². The Kier molecular flexibility index (Phi) is 19.8.